The van der Waals surface area contributed by atoms with Crippen LogP contribution in [0.15, 0.2) is 0 Å². The topological polar surface area (TPSA) is 78.4 Å². The normalized spacial score (nSPS) is 14.1. The number of hydrogen-bond acceptors (Lipinski definition) is 3. The fourth-order valence-electron chi connectivity index (χ4n) is 0.715. The zero-order valence-corrected chi connectivity index (χ0v) is 10.1. The second-order valence-corrected chi connectivity index (χ2v) is 4.65. The van der Waals surface area contributed by atoms with E-state index in [1.807, 2.05) is 13.2 Å². The van der Waals surface area contributed by atoms with Crippen molar-refractivity contribution in [1.29, 1.82) is 0 Å². The van der Waals surface area contributed by atoms with E-state index in [9.17, 15) is 9.59 Å². The monoisotopic (exact) mass is 234 g/mol. The Kier molecular flexibility index (Phi) is 6.94. The van der Waals surface area contributed by atoms with Gasteiger partial charge in [0.1, 0.15) is 0 Å². The van der Waals surface area contributed by atoms with Crippen LogP contribution in [-0.4, -0.2) is 41.7 Å². The second-order valence-electron chi connectivity index (χ2n) is 3.38. The first kappa shape index (κ1) is 14.1. The smallest absolute Gasteiger partial charge is 0.314 e. The predicted octanol–water partition coefficient (Wildman–Crippen LogP) is 0.758. The molecule has 3 N–H and O–H groups in total. The Hall–Kier alpha value is -0.910. The number of urea groups is 1. The van der Waals surface area contributed by atoms with Crippen LogP contribution in [0, 0.1) is 5.92 Å². The van der Waals surface area contributed by atoms with Crippen molar-refractivity contribution in [2.45, 2.75) is 19.1 Å². The van der Waals surface area contributed by atoms with E-state index in [4.69, 9.17) is 5.11 Å². The molecular formula is C9H18N2O3S. The largest absolute Gasteiger partial charge is 0.481 e. The van der Waals surface area contributed by atoms with Crippen molar-refractivity contribution in [3.63, 3.8) is 0 Å². The minimum atomic E-state index is -0.909. The summed E-state index contributed by atoms with van der Waals surface area (Å²) in [5, 5.41) is 14.1. The highest BCUT2D eigenvalue weighted by molar-refractivity contribution is 7.99. The molecule has 0 aromatic rings. The minimum Gasteiger partial charge on any atom is -0.481 e. The van der Waals surface area contributed by atoms with E-state index in [0.29, 0.717) is 11.8 Å². The first-order valence-electron chi connectivity index (χ1n) is 4.74. The molecule has 88 valence electrons. The molecule has 2 atom stereocenters. The summed E-state index contributed by atoms with van der Waals surface area (Å²) < 4.78 is 0. The van der Waals surface area contributed by atoms with Crippen molar-refractivity contribution in [2.75, 3.05) is 19.3 Å². The van der Waals surface area contributed by atoms with Gasteiger partial charge in [0.05, 0.1) is 5.92 Å². The first-order chi connectivity index (χ1) is 6.97. The number of thioether (sulfide) groups is 1. The van der Waals surface area contributed by atoms with Gasteiger partial charge in [-0.2, -0.15) is 11.8 Å². The van der Waals surface area contributed by atoms with Crippen molar-refractivity contribution in [1.82, 2.24) is 10.6 Å². The van der Waals surface area contributed by atoms with Gasteiger partial charge < -0.3 is 15.7 Å². The first-order valence-corrected chi connectivity index (χ1v) is 6.03. The lowest BCUT2D eigenvalue weighted by molar-refractivity contribution is -0.140. The molecule has 0 fully saturated rings. The summed E-state index contributed by atoms with van der Waals surface area (Å²) in [7, 11) is 0. The Morgan fingerprint density at radius 3 is 2.27 bits per heavy atom. The molecule has 0 aliphatic rings. The Morgan fingerprint density at radius 2 is 1.80 bits per heavy atom. The predicted molar refractivity (Wildman–Crippen MR) is 61.2 cm³/mol. The van der Waals surface area contributed by atoms with Crippen LogP contribution < -0.4 is 10.6 Å². The molecule has 0 aromatic heterocycles. The summed E-state index contributed by atoms with van der Waals surface area (Å²) >= 11 is 1.66. The molecule has 2 unspecified atom stereocenters. The molecule has 0 aliphatic carbocycles. The lowest BCUT2D eigenvalue weighted by atomic mass is 10.2. The molecule has 2 amide bonds. The summed E-state index contributed by atoms with van der Waals surface area (Å²) in [5.74, 6) is -1.47. The van der Waals surface area contributed by atoms with E-state index in [2.05, 4.69) is 10.6 Å². The molecule has 0 aliphatic heterocycles. The number of nitrogens with one attached hydrogen (secondary N) is 2. The number of amides is 2. The highest BCUT2D eigenvalue weighted by atomic mass is 32.2. The molecular weight excluding hydrogens is 216 g/mol. The van der Waals surface area contributed by atoms with Crippen LogP contribution in [0.25, 0.3) is 0 Å². The maximum atomic E-state index is 11.2. The number of aliphatic carboxylic acids is 1. The van der Waals surface area contributed by atoms with Crippen LogP contribution in [0.5, 0.6) is 0 Å². The summed E-state index contributed by atoms with van der Waals surface area (Å²) in [6, 6.07) is -0.316. The van der Waals surface area contributed by atoms with Crippen LogP contribution in [0.2, 0.25) is 0 Å². The van der Waals surface area contributed by atoms with Crippen molar-refractivity contribution in [3.8, 4) is 0 Å². The standard InChI is InChI=1S/C9H18N2O3S/c1-6(8(12)13)4-10-9(14)11-5-7(2)15-3/h6-7H,4-5H2,1-3H3,(H,12,13)(H2,10,11,14). The number of carboxylic acids is 1. The van der Waals surface area contributed by atoms with Crippen LogP contribution in [0.3, 0.4) is 0 Å². The fraction of sp³-hybridized carbons (Fsp3) is 0.778. The molecule has 0 heterocycles. The molecule has 0 spiro atoms. The zero-order valence-electron chi connectivity index (χ0n) is 9.24. The average Bonchev–Trinajstić information content (AvgIpc) is 2.21. The van der Waals surface area contributed by atoms with Gasteiger partial charge >= 0.3 is 12.0 Å². The molecule has 0 aromatic carbocycles. The van der Waals surface area contributed by atoms with Gasteiger partial charge in [0.25, 0.3) is 0 Å². The maximum Gasteiger partial charge on any atom is 0.314 e. The van der Waals surface area contributed by atoms with Crippen molar-refractivity contribution >= 4 is 23.8 Å². The lowest BCUT2D eigenvalue weighted by Crippen LogP contribution is -2.41. The number of carboxylic acid groups (broad SMARTS) is 1. The van der Waals surface area contributed by atoms with E-state index >= 15 is 0 Å². The van der Waals surface area contributed by atoms with Crippen molar-refractivity contribution in [3.05, 3.63) is 0 Å². The quantitative estimate of drug-likeness (QED) is 0.634. The number of carbonyl (C=O) groups excluding carboxylic acids is 1. The van der Waals surface area contributed by atoms with Crippen LogP contribution in [0.4, 0.5) is 4.79 Å². The van der Waals surface area contributed by atoms with Crippen molar-refractivity contribution < 1.29 is 14.7 Å². The number of rotatable bonds is 6. The van der Waals surface area contributed by atoms with Gasteiger partial charge in [0.15, 0.2) is 0 Å². The number of carbonyl (C=O) groups is 2. The van der Waals surface area contributed by atoms with Crippen molar-refractivity contribution in [2.24, 2.45) is 5.92 Å². The van der Waals surface area contributed by atoms with Gasteiger partial charge in [-0.05, 0) is 6.26 Å². The Balaban J connectivity index is 3.62. The zero-order chi connectivity index (χ0) is 11.8. The SMILES string of the molecule is CSC(C)CNC(=O)NCC(C)C(=O)O. The van der Waals surface area contributed by atoms with Gasteiger partial charge in [0, 0.05) is 18.3 Å². The highest BCUT2D eigenvalue weighted by Crippen LogP contribution is 2.02. The van der Waals surface area contributed by atoms with E-state index in [1.165, 1.54) is 0 Å². The molecule has 0 bridgehead atoms. The van der Waals surface area contributed by atoms with E-state index in [-0.39, 0.29) is 12.6 Å². The van der Waals surface area contributed by atoms with E-state index in [1.54, 1.807) is 18.7 Å². The van der Waals surface area contributed by atoms with Crippen LogP contribution in [0.1, 0.15) is 13.8 Å². The Bertz CT molecular complexity index is 223. The molecule has 5 nitrogen and oxygen atoms in total. The fourth-order valence-corrected chi connectivity index (χ4v) is 0.965. The third-order valence-electron chi connectivity index (χ3n) is 1.94. The second kappa shape index (κ2) is 7.39. The summed E-state index contributed by atoms with van der Waals surface area (Å²) in [6.45, 7) is 4.28. The highest BCUT2D eigenvalue weighted by Gasteiger charge is 2.11. The lowest BCUT2D eigenvalue weighted by Gasteiger charge is -2.12. The van der Waals surface area contributed by atoms with Gasteiger partial charge in [-0.1, -0.05) is 13.8 Å². The number of hydrogen-bond donors (Lipinski definition) is 3. The average molecular weight is 234 g/mol. The van der Waals surface area contributed by atoms with Gasteiger partial charge in [-0.25, -0.2) is 4.79 Å². The van der Waals surface area contributed by atoms with Gasteiger partial charge in [-0.15, -0.1) is 0 Å². The summed E-state index contributed by atoms with van der Waals surface area (Å²) in [5.41, 5.74) is 0. The van der Waals surface area contributed by atoms with Gasteiger partial charge in [0.2, 0.25) is 0 Å². The Labute approximate surface area is 94.0 Å². The van der Waals surface area contributed by atoms with Crippen LogP contribution >= 0.6 is 11.8 Å². The van der Waals surface area contributed by atoms with Crippen LogP contribution in [-0.2, 0) is 4.79 Å². The maximum absolute atomic E-state index is 11.2. The summed E-state index contributed by atoms with van der Waals surface area (Å²) in [4.78, 5) is 21.6. The van der Waals surface area contributed by atoms with Gasteiger partial charge in [-0.3, -0.25) is 4.79 Å². The minimum absolute atomic E-state index is 0.148. The molecule has 0 rings (SSSR count). The third kappa shape index (κ3) is 7.07. The third-order valence-corrected chi connectivity index (χ3v) is 2.91. The molecule has 6 heteroatoms. The van der Waals surface area contributed by atoms with E-state index < -0.39 is 11.9 Å². The van der Waals surface area contributed by atoms with E-state index in [0.717, 1.165) is 0 Å². The summed E-state index contributed by atoms with van der Waals surface area (Å²) in [6.07, 6.45) is 1.97. The molecule has 0 radical (unpaired) electrons. The molecule has 15 heavy (non-hydrogen) atoms. The molecule has 0 saturated heterocycles. The molecule has 0 saturated carbocycles. The Morgan fingerprint density at radius 1 is 1.27 bits per heavy atom.